The third-order valence-electron chi connectivity index (χ3n) is 3.77. The Morgan fingerprint density at radius 2 is 2.00 bits per heavy atom. The van der Waals surface area contributed by atoms with Crippen molar-refractivity contribution in [2.45, 2.75) is 56.7 Å². The predicted octanol–water partition coefficient (Wildman–Crippen LogP) is 4.17. The highest BCUT2D eigenvalue weighted by molar-refractivity contribution is 9.10. The SMILES string of the molecule is CC(C)(C)S(=O)N[C@@H](CC(=O)O)c1c(F)c(Br)cc(C2CC2)c1F. The fourth-order valence-corrected chi connectivity index (χ4v) is 3.60. The maximum Gasteiger partial charge on any atom is 0.305 e. The number of benzene rings is 1. The highest BCUT2D eigenvalue weighted by atomic mass is 79.9. The molecule has 1 aliphatic rings. The minimum Gasteiger partial charge on any atom is -0.481 e. The van der Waals surface area contributed by atoms with E-state index in [0.717, 1.165) is 12.8 Å². The molecule has 0 heterocycles. The van der Waals surface area contributed by atoms with Gasteiger partial charge in [0.15, 0.2) is 0 Å². The Labute approximate surface area is 150 Å². The fraction of sp³-hybridized carbons (Fsp3) is 0.562. The van der Waals surface area contributed by atoms with Crippen LogP contribution >= 0.6 is 15.9 Å². The maximum absolute atomic E-state index is 14.9. The number of hydrogen-bond donors (Lipinski definition) is 2. The van der Waals surface area contributed by atoms with Crippen molar-refractivity contribution in [3.8, 4) is 0 Å². The van der Waals surface area contributed by atoms with Crippen LogP contribution in [0.3, 0.4) is 0 Å². The quantitative estimate of drug-likeness (QED) is 0.674. The van der Waals surface area contributed by atoms with Crippen molar-refractivity contribution in [3.05, 3.63) is 33.3 Å². The van der Waals surface area contributed by atoms with Crippen LogP contribution in [0, 0.1) is 11.6 Å². The van der Waals surface area contributed by atoms with E-state index < -0.39 is 45.8 Å². The molecule has 134 valence electrons. The molecule has 0 bridgehead atoms. The summed E-state index contributed by atoms with van der Waals surface area (Å²) >= 11 is 3.07. The average molecular weight is 424 g/mol. The number of carbonyl (C=O) groups is 1. The molecular formula is C16H20BrF2NO3S. The largest absolute Gasteiger partial charge is 0.481 e. The first-order valence-electron chi connectivity index (χ1n) is 7.59. The van der Waals surface area contributed by atoms with Crippen molar-refractivity contribution in [1.29, 1.82) is 0 Å². The van der Waals surface area contributed by atoms with Gasteiger partial charge in [-0.2, -0.15) is 0 Å². The molecule has 0 aliphatic heterocycles. The number of hydrogen-bond acceptors (Lipinski definition) is 2. The second kappa shape index (κ2) is 7.17. The lowest BCUT2D eigenvalue weighted by atomic mass is 9.98. The molecule has 4 nitrogen and oxygen atoms in total. The summed E-state index contributed by atoms with van der Waals surface area (Å²) in [6.45, 7) is 5.07. The van der Waals surface area contributed by atoms with E-state index in [9.17, 15) is 17.8 Å². The van der Waals surface area contributed by atoms with Crippen molar-refractivity contribution >= 4 is 32.9 Å². The molecule has 1 unspecified atom stereocenters. The van der Waals surface area contributed by atoms with E-state index in [2.05, 4.69) is 20.7 Å². The highest BCUT2D eigenvalue weighted by Crippen LogP contribution is 2.44. The standard InChI is InChI=1S/C16H20BrF2NO3S/c1-16(2,3)24(23)20-11(7-12(21)22)13-14(18)9(8-4-5-8)6-10(17)15(13)19/h6,8,11,20H,4-5,7H2,1-3H3,(H,21,22)/t11-,24?/m0/s1. The summed E-state index contributed by atoms with van der Waals surface area (Å²) in [6, 6.07) is 0.183. The molecular weight excluding hydrogens is 404 g/mol. The minimum absolute atomic E-state index is 0.0271. The van der Waals surface area contributed by atoms with Crippen LogP contribution in [-0.2, 0) is 15.8 Å². The zero-order valence-electron chi connectivity index (χ0n) is 13.7. The summed E-state index contributed by atoms with van der Waals surface area (Å²) in [7, 11) is -1.67. The van der Waals surface area contributed by atoms with Gasteiger partial charge in [-0.15, -0.1) is 0 Å². The molecule has 1 aromatic rings. The first kappa shape index (κ1) is 19.5. The summed E-state index contributed by atoms with van der Waals surface area (Å²) in [5, 5.41) is 9.11. The molecule has 0 amide bonds. The molecule has 1 saturated carbocycles. The van der Waals surface area contributed by atoms with Crippen LogP contribution in [0.5, 0.6) is 0 Å². The van der Waals surface area contributed by atoms with Crippen molar-refractivity contribution in [2.75, 3.05) is 0 Å². The lowest BCUT2D eigenvalue weighted by Gasteiger charge is -2.25. The second-order valence-corrected chi connectivity index (χ2v) is 9.77. The Balaban J connectivity index is 2.49. The smallest absolute Gasteiger partial charge is 0.305 e. The van der Waals surface area contributed by atoms with E-state index >= 15 is 0 Å². The first-order valence-corrected chi connectivity index (χ1v) is 9.53. The number of carboxylic acid groups (broad SMARTS) is 1. The van der Waals surface area contributed by atoms with E-state index in [4.69, 9.17) is 5.11 Å². The van der Waals surface area contributed by atoms with Gasteiger partial charge < -0.3 is 5.11 Å². The Morgan fingerprint density at radius 3 is 2.46 bits per heavy atom. The van der Waals surface area contributed by atoms with Gasteiger partial charge in [0.25, 0.3) is 0 Å². The molecule has 24 heavy (non-hydrogen) atoms. The van der Waals surface area contributed by atoms with E-state index in [0.29, 0.717) is 5.56 Å². The van der Waals surface area contributed by atoms with Crippen LogP contribution in [-0.4, -0.2) is 20.0 Å². The van der Waals surface area contributed by atoms with E-state index in [1.165, 1.54) is 6.07 Å². The Morgan fingerprint density at radius 1 is 1.42 bits per heavy atom. The molecule has 0 radical (unpaired) electrons. The Kier molecular flexibility index (Phi) is 5.82. The van der Waals surface area contributed by atoms with Crippen LogP contribution in [0.4, 0.5) is 8.78 Å². The van der Waals surface area contributed by atoms with Crippen molar-refractivity contribution in [1.82, 2.24) is 4.72 Å². The van der Waals surface area contributed by atoms with Gasteiger partial charge in [0.05, 0.1) is 32.7 Å². The predicted molar refractivity (Wildman–Crippen MR) is 92.1 cm³/mol. The van der Waals surface area contributed by atoms with Crippen molar-refractivity contribution in [3.63, 3.8) is 0 Å². The number of halogens is 3. The monoisotopic (exact) mass is 423 g/mol. The highest BCUT2D eigenvalue weighted by Gasteiger charge is 2.34. The third kappa shape index (κ3) is 4.40. The number of aliphatic carboxylic acids is 1. The maximum atomic E-state index is 14.9. The molecule has 2 atom stereocenters. The van der Waals surface area contributed by atoms with Crippen LogP contribution in [0.25, 0.3) is 0 Å². The van der Waals surface area contributed by atoms with Gasteiger partial charge in [-0.25, -0.2) is 17.7 Å². The third-order valence-corrected chi connectivity index (χ3v) is 5.96. The van der Waals surface area contributed by atoms with Gasteiger partial charge in [0.1, 0.15) is 11.6 Å². The van der Waals surface area contributed by atoms with Gasteiger partial charge in [-0.3, -0.25) is 4.79 Å². The van der Waals surface area contributed by atoms with Gasteiger partial charge in [-0.05, 0) is 67.1 Å². The molecule has 2 rings (SSSR count). The van der Waals surface area contributed by atoms with E-state index in [1.54, 1.807) is 20.8 Å². The molecule has 1 aromatic carbocycles. The fourth-order valence-electron chi connectivity index (χ4n) is 2.32. The van der Waals surface area contributed by atoms with Crippen molar-refractivity contribution in [2.24, 2.45) is 0 Å². The molecule has 0 spiro atoms. The summed E-state index contributed by atoms with van der Waals surface area (Å²) in [5.74, 6) is -2.81. The zero-order valence-corrected chi connectivity index (χ0v) is 16.1. The lowest BCUT2D eigenvalue weighted by Crippen LogP contribution is -2.37. The van der Waals surface area contributed by atoms with Crippen LogP contribution in [0.15, 0.2) is 10.5 Å². The van der Waals surface area contributed by atoms with Gasteiger partial charge in [0, 0.05) is 5.56 Å². The summed E-state index contributed by atoms with van der Waals surface area (Å²) in [5.41, 5.74) is 0.00304. The Bertz CT molecular complexity index is 687. The molecule has 8 heteroatoms. The van der Waals surface area contributed by atoms with E-state index in [1.807, 2.05) is 0 Å². The number of nitrogens with one attached hydrogen (secondary N) is 1. The van der Waals surface area contributed by atoms with Gasteiger partial charge >= 0.3 is 5.97 Å². The van der Waals surface area contributed by atoms with Crippen LogP contribution in [0.1, 0.15) is 63.1 Å². The first-order chi connectivity index (χ1) is 11.0. The van der Waals surface area contributed by atoms with E-state index in [-0.39, 0.29) is 16.0 Å². The van der Waals surface area contributed by atoms with Crippen LogP contribution in [0.2, 0.25) is 0 Å². The summed E-state index contributed by atoms with van der Waals surface area (Å²) in [6.07, 6.45) is 1.06. The zero-order chi connectivity index (χ0) is 18.2. The van der Waals surface area contributed by atoms with Gasteiger partial charge in [-0.1, -0.05) is 0 Å². The average Bonchev–Trinajstić information content (AvgIpc) is 3.25. The lowest BCUT2D eigenvalue weighted by molar-refractivity contribution is -0.137. The van der Waals surface area contributed by atoms with Gasteiger partial charge in [0.2, 0.25) is 0 Å². The number of carboxylic acids is 1. The second-order valence-electron chi connectivity index (χ2n) is 6.91. The topological polar surface area (TPSA) is 66.4 Å². The summed E-state index contributed by atoms with van der Waals surface area (Å²) in [4.78, 5) is 11.2. The summed E-state index contributed by atoms with van der Waals surface area (Å²) < 4.78 is 43.7. The molecule has 1 aliphatic carbocycles. The molecule has 2 N–H and O–H groups in total. The Hall–Kier alpha value is -0.860. The molecule has 0 aromatic heterocycles. The van der Waals surface area contributed by atoms with Crippen LogP contribution < -0.4 is 4.72 Å². The molecule has 0 saturated heterocycles. The minimum atomic E-state index is -1.67. The van der Waals surface area contributed by atoms with Crippen molar-refractivity contribution < 1.29 is 22.9 Å². The molecule has 1 fully saturated rings. The number of rotatable bonds is 6. The normalized spacial score (nSPS) is 17.6.